The molecule has 0 spiro atoms. The molecule has 108 valence electrons. The van der Waals surface area contributed by atoms with Crippen LogP contribution in [-0.2, 0) is 7.05 Å². The van der Waals surface area contributed by atoms with E-state index >= 15 is 0 Å². The summed E-state index contributed by atoms with van der Waals surface area (Å²) in [5.74, 6) is 0.737. The van der Waals surface area contributed by atoms with Gasteiger partial charge in [-0.2, -0.15) is 0 Å². The van der Waals surface area contributed by atoms with E-state index in [0.717, 1.165) is 25.2 Å². The van der Waals surface area contributed by atoms with Crippen LogP contribution in [0.2, 0.25) is 5.02 Å². The highest BCUT2D eigenvalue weighted by atomic mass is 35.5. The third kappa shape index (κ3) is 3.02. The van der Waals surface area contributed by atoms with Crippen LogP contribution in [0.15, 0.2) is 23.0 Å². The van der Waals surface area contributed by atoms with Gasteiger partial charge in [0.2, 0.25) is 0 Å². The van der Waals surface area contributed by atoms with Gasteiger partial charge in [-0.3, -0.25) is 9.36 Å². The third-order valence-electron chi connectivity index (χ3n) is 3.44. The summed E-state index contributed by atoms with van der Waals surface area (Å²) < 4.78 is 1.61. The number of hydrogen-bond donors (Lipinski definition) is 1. The predicted molar refractivity (Wildman–Crippen MR) is 83.3 cm³/mol. The first-order valence-electron chi connectivity index (χ1n) is 6.94. The largest absolute Gasteiger partial charge is 0.308 e. The number of benzene rings is 1. The molecule has 0 fully saturated rings. The molecule has 1 N–H and O–H groups in total. The van der Waals surface area contributed by atoms with Gasteiger partial charge in [0.1, 0.15) is 5.82 Å². The summed E-state index contributed by atoms with van der Waals surface area (Å²) in [5, 5.41) is 4.58. The Hall–Kier alpha value is -1.39. The van der Waals surface area contributed by atoms with E-state index < -0.39 is 0 Å². The lowest BCUT2D eigenvalue weighted by molar-refractivity contribution is 0.510. The molecular weight excluding hydrogens is 274 g/mol. The monoisotopic (exact) mass is 293 g/mol. The quantitative estimate of drug-likeness (QED) is 0.862. The maximum atomic E-state index is 12.3. The fraction of sp³-hybridized carbons (Fsp3) is 0.467. The van der Waals surface area contributed by atoms with Gasteiger partial charge >= 0.3 is 0 Å². The second-order valence-corrected chi connectivity index (χ2v) is 5.46. The van der Waals surface area contributed by atoms with Crippen molar-refractivity contribution in [3.05, 3.63) is 39.4 Å². The molecule has 1 aromatic carbocycles. The van der Waals surface area contributed by atoms with E-state index in [-0.39, 0.29) is 11.6 Å². The van der Waals surface area contributed by atoms with E-state index in [9.17, 15) is 4.79 Å². The molecule has 2 aromatic rings. The number of rotatable bonds is 5. The topological polar surface area (TPSA) is 46.9 Å². The minimum Gasteiger partial charge on any atom is -0.308 e. The predicted octanol–water partition coefficient (Wildman–Crippen LogP) is 3.04. The van der Waals surface area contributed by atoms with Crippen molar-refractivity contribution in [2.24, 2.45) is 7.05 Å². The van der Waals surface area contributed by atoms with E-state index in [2.05, 4.69) is 17.2 Å². The van der Waals surface area contributed by atoms with Crippen LogP contribution in [0.25, 0.3) is 10.9 Å². The van der Waals surface area contributed by atoms with E-state index in [4.69, 9.17) is 11.6 Å². The molecule has 2 rings (SSSR count). The van der Waals surface area contributed by atoms with Crippen molar-refractivity contribution in [2.45, 2.75) is 32.7 Å². The van der Waals surface area contributed by atoms with Crippen LogP contribution in [0, 0.1) is 0 Å². The first-order chi connectivity index (χ1) is 9.54. The van der Waals surface area contributed by atoms with E-state index in [1.807, 2.05) is 6.92 Å². The first-order valence-corrected chi connectivity index (χ1v) is 7.32. The minimum atomic E-state index is -0.0363. The van der Waals surface area contributed by atoms with Crippen LogP contribution in [0.3, 0.4) is 0 Å². The lowest BCUT2D eigenvalue weighted by atomic mass is 10.2. The molecular formula is C15H20ClN3O. The van der Waals surface area contributed by atoms with Crippen molar-refractivity contribution >= 4 is 22.5 Å². The zero-order valence-corrected chi connectivity index (χ0v) is 12.9. The number of nitrogens with zero attached hydrogens (tertiary/aromatic N) is 2. The van der Waals surface area contributed by atoms with Crippen LogP contribution in [-0.4, -0.2) is 16.1 Å². The summed E-state index contributed by atoms with van der Waals surface area (Å²) in [5.41, 5.74) is 0.616. The fourth-order valence-corrected chi connectivity index (χ4v) is 2.40. The second-order valence-electron chi connectivity index (χ2n) is 5.03. The summed E-state index contributed by atoms with van der Waals surface area (Å²) in [6, 6.07) is 5.21. The van der Waals surface area contributed by atoms with Crippen molar-refractivity contribution in [3.63, 3.8) is 0 Å². The zero-order valence-electron chi connectivity index (χ0n) is 12.1. The molecule has 1 heterocycles. The van der Waals surface area contributed by atoms with E-state index in [1.165, 1.54) is 0 Å². The Labute approximate surface area is 123 Å². The molecule has 0 aliphatic heterocycles. The van der Waals surface area contributed by atoms with Gasteiger partial charge in [-0.05, 0) is 38.1 Å². The maximum Gasteiger partial charge on any atom is 0.261 e. The number of fused-ring (bicyclic) bond motifs is 1. The van der Waals surface area contributed by atoms with Crippen molar-refractivity contribution in [3.8, 4) is 0 Å². The Balaban J connectivity index is 2.43. The van der Waals surface area contributed by atoms with Crippen LogP contribution in [0.1, 0.15) is 38.6 Å². The zero-order chi connectivity index (χ0) is 14.7. The van der Waals surface area contributed by atoms with Gasteiger partial charge in [-0.25, -0.2) is 4.98 Å². The third-order valence-corrected chi connectivity index (χ3v) is 3.68. The summed E-state index contributed by atoms with van der Waals surface area (Å²) >= 11 is 5.98. The average Bonchev–Trinajstić information content (AvgIpc) is 2.42. The van der Waals surface area contributed by atoms with E-state index in [1.54, 1.807) is 29.8 Å². The lowest BCUT2D eigenvalue weighted by Crippen LogP contribution is -2.29. The number of halogens is 1. The molecule has 1 aromatic heterocycles. The van der Waals surface area contributed by atoms with Gasteiger partial charge < -0.3 is 5.32 Å². The number of unbranched alkanes of at least 4 members (excludes halogenated alkanes) is 1. The van der Waals surface area contributed by atoms with Crippen LogP contribution < -0.4 is 10.9 Å². The minimum absolute atomic E-state index is 0.0302. The smallest absolute Gasteiger partial charge is 0.261 e. The number of nitrogens with one attached hydrogen (secondary N) is 1. The molecule has 20 heavy (non-hydrogen) atoms. The number of aromatic nitrogens is 2. The van der Waals surface area contributed by atoms with Crippen LogP contribution >= 0.6 is 11.6 Å². The Morgan fingerprint density at radius 3 is 2.90 bits per heavy atom. The Morgan fingerprint density at radius 2 is 2.20 bits per heavy atom. The van der Waals surface area contributed by atoms with Gasteiger partial charge in [0.05, 0.1) is 16.9 Å². The van der Waals surface area contributed by atoms with Gasteiger partial charge in [-0.15, -0.1) is 0 Å². The van der Waals surface area contributed by atoms with Gasteiger partial charge in [-0.1, -0.05) is 24.9 Å². The molecule has 0 aliphatic rings. The molecule has 0 saturated heterocycles. The molecule has 0 bridgehead atoms. The van der Waals surface area contributed by atoms with Crippen LogP contribution in [0.5, 0.6) is 0 Å². The SMILES string of the molecule is CCCCN[C@H](C)c1nc2cc(Cl)ccc2c(=O)n1C. The summed E-state index contributed by atoms with van der Waals surface area (Å²) in [4.78, 5) is 16.9. The Bertz CT molecular complexity index is 666. The highest BCUT2D eigenvalue weighted by molar-refractivity contribution is 6.31. The standard InChI is InChI=1S/C15H20ClN3O/c1-4-5-8-17-10(2)14-18-13-9-11(16)6-7-12(13)15(20)19(14)3/h6-7,9-10,17H,4-5,8H2,1-3H3/t10-/m1/s1. The Kier molecular flexibility index (Phi) is 4.78. The summed E-state index contributed by atoms with van der Waals surface area (Å²) in [6.45, 7) is 5.09. The molecule has 4 nitrogen and oxygen atoms in total. The van der Waals surface area contributed by atoms with Gasteiger partial charge in [0.25, 0.3) is 5.56 Å². The summed E-state index contributed by atoms with van der Waals surface area (Å²) in [6.07, 6.45) is 2.25. The highest BCUT2D eigenvalue weighted by Gasteiger charge is 2.13. The van der Waals surface area contributed by atoms with Crippen LogP contribution in [0.4, 0.5) is 0 Å². The van der Waals surface area contributed by atoms with Crippen molar-refractivity contribution in [1.29, 1.82) is 0 Å². The second kappa shape index (κ2) is 6.37. The number of hydrogen-bond acceptors (Lipinski definition) is 3. The van der Waals surface area contributed by atoms with Crippen molar-refractivity contribution in [2.75, 3.05) is 6.54 Å². The lowest BCUT2D eigenvalue weighted by Gasteiger charge is -2.17. The molecule has 5 heteroatoms. The molecule has 0 amide bonds. The first kappa shape index (κ1) is 15.0. The maximum absolute atomic E-state index is 12.3. The molecule has 0 unspecified atom stereocenters. The highest BCUT2D eigenvalue weighted by Crippen LogP contribution is 2.17. The van der Waals surface area contributed by atoms with Crippen molar-refractivity contribution < 1.29 is 0 Å². The molecule has 1 atom stereocenters. The Morgan fingerprint density at radius 1 is 1.45 bits per heavy atom. The van der Waals surface area contributed by atoms with E-state index in [0.29, 0.717) is 15.9 Å². The molecule has 0 saturated carbocycles. The fourth-order valence-electron chi connectivity index (χ4n) is 2.24. The molecule has 0 radical (unpaired) electrons. The van der Waals surface area contributed by atoms with Gasteiger partial charge in [0, 0.05) is 12.1 Å². The van der Waals surface area contributed by atoms with Crippen molar-refractivity contribution in [1.82, 2.24) is 14.9 Å². The molecule has 0 aliphatic carbocycles. The normalized spacial score (nSPS) is 12.8. The average molecular weight is 294 g/mol. The summed E-state index contributed by atoms with van der Waals surface area (Å²) in [7, 11) is 1.76. The van der Waals surface area contributed by atoms with Gasteiger partial charge in [0.15, 0.2) is 0 Å².